The Morgan fingerprint density at radius 2 is 1.89 bits per heavy atom. The van der Waals surface area contributed by atoms with Crippen LogP contribution >= 0.6 is 0 Å². The first kappa shape index (κ1) is 15.5. The molecule has 0 aliphatic heterocycles. The van der Waals surface area contributed by atoms with Crippen molar-refractivity contribution in [1.29, 1.82) is 0 Å². The van der Waals surface area contributed by atoms with Crippen molar-refractivity contribution in [3.63, 3.8) is 0 Å². The molecule has 0 amide bonds. The third-order valence-corrected chi connectivity index (χ3v) is 2.55. The second-order valence-electron chi connectivity index (χ2n) is 4.17. The Kier molecular flexibility index (Phi) is 8.47. The molecular weight excluding hydrogens is 242 g/mol. The van der Waals surface area contributed by atoms with E-state index in [-0.39, 0.29) is 5.97 Å². The second kappa shape index (κ2) is 10.4. The van der Waals surface area contributed by atoms with Crippen molar-refractivity contribution in [3.8, 4) is 5.75 Å². The molecule has 0 atom stereocenters. The van der Waals surface area contributed by atoms with Crippen molar-refractivity contribution in [2.75, 3.05) is 26.3 Å². The molecule has 0 fully saturated rings. The number of esters is 1. The molecule has 4 nitrogen and oxygen atoms in total. The molecule has 0 unspecified atom stereocenters. The van der Waals surface area contributed by atoms with E-state index >= 15 is 0 Å². The zero-order valence-corrected chi connectivity index (χ0v) is 11.6. The number of nitrogens with one attached hydrogen (secondary N) is 1. The van der Waals surface area contributed by atoms with Crippen molar-refractivity contribution >= 4 is 5.97 Å². The standard InChI is InChI=1S/C15H23NO3/c1-2-18-15(17)10-6-11-16-12-7-13-19-14-8-4-3-5-9-14/h3-5,8-9,16H,2,6-7,10-13H2,1H3. The summed E-state index contributed by atoms with van der Waals surface area (Å²) in [5, 5.41) is 3.28. The van der Waals surface area contributed by atoms with Crippen molar-refractivity contribution in [3.05, 3.63) is 30.3 Å². The highest BCUT2D eigenvalue weighted by atomic mass is 16.5. The van der Waals surface area contributed by atoms with Crippen LogP contribution in [0.4, 0.5) is 0 Å². The van der Waals surface area contributed by atoms with Gasteiger partial charge >= 0.3 is 5.97 Å². The summed E-state index contributed by atoms with van der Waals surface area (Å²) in [4.78, 5) is 11.1. The van der Waals surface area contributed by atoms with Gasteiger partial charge in [0.05, 0.1) is 13.2 Å². The molecule has 0 saturated heterocycles. The number of hydrogen-bond acceptors (Lipinski definition) is 4. The lowest BCUT2D eigenvalue weighted by Gasteiger charge is -2.07. The molecule has 0 spiro atoms. The average molecular weight is 265 g/mol. The van der Waals surface area contributed by atoms with Gasteiger partial charge in [-0.3, -0.25) is 4.79 Å². The molecule has 0 aromatic heterocycles. The van der Waals surface area contributed by atoms with Gasteiger partial charge in [-0.05, 0) is 45.0 Å². The lowest BCUT2D eigenvalue weighted by molar-refractivity contribution is -0.143. The van der Waals surface area contributed by atoms with Crippen LogP contribution in [-0.4, -0.2) is 32.3 Å². The summed E-state index contributed by atoms with van der Waals surface area (Å²) in [5.74, 6) is 0.793. The van der Waals surface area contributed by atoms with Gasteiger partial charge in [0.15, 0.2) is 0 Å². The van der Waals surface area contributed by atoms with Gasteiger partial charge in [0.1, 0.15) is 5.75 Å². The molecule has 4 heteroatoms. The number of carbonyl (C=O) groups excluding carboxylic acids is 1. The van der Waals surface area contributed by atoms with Crippen LogP contribution in [-0.2, 0) is 9.53 Å². The molecular formula is C15H23NO3. The van der Waals surface area contributed by atoms with E-state index in [0.717, 1.165) is 31.7 Å². The highest BCUT2D eigenvalue weighted by Crippen LogP contribution is 2.07. The van der Waals surface area contributed by atoms with Crippen molar-refractivity contribution in [2.45, 2.75) is 26.2 Å². The Labute approximate surface area is 115 Å². The Hall–Kier alpha value is -1.55. The number of carbonyl (C=O) groups is 1. The topological polar surface area (TPSA) is 47.6 Å². The molecule has 0 aliphatic carbocycles. The van der Waals surface area contributed by atoms with E-state index in [1.54, 1.807) is 0 Å². The largest absolute Gasteiger partial charge is 0.494 e. The lowest BCUT2D eigenvalue weighted by atomic mass is 10.3. The van der Waals surface area contributed by atoms with E-state index in [0.29, 0.717) is 19.6 Å². The molecule has 1 aromatic carbocycles. The highest BCUT2D eigenvalue weighted by Gasteiger charge is 2.00. The van der Waals surface area contributed by atoms with Crippen LogP contribution in [0.15, 0.2) is 30.3 Å². The Morgan fingerprint density at radius 1 is 1.16 bits per heavy atom. The zero-order valence-electron chi connectivity index (χ0n) is 11.6. The fourth-order valence-electron chi connectivity index (χ4n) is 1.62. The fourth-order valence-corrected chi connectivity index (χ4v) is 1.62. The van der Waals surface area contributed by atoms with E-state index in [4.69, 9.17) is 9.47 Å². The average Bonchev–Trinajstić information content (AvgIpc) is 2.43. The summed E-state index contributed by atoms with van der Waals surface area (Å²) in [6, 6.07) is 9.80. The molecule has 1 rings (SSSR count). The normalized spacial score (nSPS) is 10.2. The van der Waals surface area contributed by atoms with E-state index in [2.05, 4.69) is 5.32 Å². The van der Waals surface area contributed by atoms with Gasteiger partial charge in [-0.25, -0.2) is 0 Å². The molecule has 0 bridgehead atoms. The van der Waals surface area contributed by atoms with Gasteiger partial charge in [0, 0.05) is 6.42 Å². The molecule has 0 aliphatic rings. The SMILES string of the molecule is CCOC(=O)CCCNCCCOc1ccccc1. The van der Waals surface area contributed by atoms with E-state index < -0.39 is 0 Å². The molecule has 1 aromatic rings. The molecule has 19 heavy (non-hydrogen) atoms. The molecule has 0 heterocycles. The first-order valence-electron chi connectivity index (χ1n) is 6.87. The minimum atomic E-state index is -0.114. The Balaban J connectivity index is 1.88. The van der Waals surface area contributed by atoms with Crippen molar-refractivity contribution in [2.24, 2.45) is 0 Å². The smallest absolute Gasteiger partial charge is 0.305 e. The maximum atomic E-state index is 11.1. The van der Waals surface area contributed by atoms with Crippen LogP contribution in [0.1, 0.15) is 26.2 Å². The predicted octanol–water partition coefficient (Wildman–Crippen LogP) is 2.39. The number of hydrogen-bond donors (Lipinski definition) is 1. The van der Waals surface area contributed by atoms with Gasteiger partial charge in [-0.1, -0.05) is 18.2 Å². The molecule has 0 radical (unpaired) electrons. The number of para-hydroxylation sites is 1. The Morgan fingerprint density at radius 3 is 2.63 bits per heavy atom. The summed E-state index contributed by atoms with van der Waals surface area (Å²) < 4.78 is 10.4. The Bertz CT molecular complexity index is 341. The monoisotopic (exact) mass is 265 g/mol. The first-order valence-corrected chi connectivity index (χ1v) is 6.87. The fraction of sp³-hybridized carbons (Fsp3) is 0.533. The summed E-state index contributed by atoms with van der Waals surface area (Å²) >= 11 is 0. The summed E-state index contributed by atoms with van der Waals surface area (Å²) in [7, 11) is 0. The van der Waals surface area contributed by atoms with Gasteiger partial charge in [0.25, 0.3) is 0 Å². The minimum absolute atomic E-state index is 0.114. The predicted molar refractivity (Wildman–Crippen MR) is 75.3 cm³/mol. The molecule has 1 N–H and O–H groups in total. The van der Waals surface area contributed by atoms with Crippen LogP contribution in [0.5, 0.6) is 5.75 Å². The van der Waals surface area contributed by atoms with Crippen LogP contribution in [0.25, 0.3) is 0 Å². The third-order valence-electron chi connectivity index (χ3n) is 2.55. The van der Waals surface area contributed by atoms with Crippen LogP contribution < -0.4 is 10.1 Å². The summed E-state index contributed by atoms with van der Waals surface area (Å²) in [6.07, 6.45) is 2.26. The maximum Gasteiger partial charge on any atom is 0.305 e. The summed E-state index contributed by atoms with van der Waals surface area (Å²) in [5.41, 5.74) is 0. The number of benzene rings is 1. The first-order chi connectivity index (χ1) is 9.33. The van der Waals surface area contributed by atoms with Gasteiger partial charge < -0.3 is 14.8 Å². The van der Waals surface area contributed by atoms with Crippen LogP contribution in [0.3, 0.4) is 0 Å². The van der Waals surface area contributed by atoms with E-state index in [9.17, 15) is 4.79 Å². The lowest BCUT2D eigenvalue weighted by Crippen LogP contribution is -2.19. The van der Waals surface area contributed by atoms with Gasteiger partial charge in [0.2, 0.25) is 0 Å². The second-order valence-corrected chi connectivity index (χ2v) is 4.17. The molecule has 106 valence electrons. The van der Waals surface area contributed by atoms with Crippen molar-refractivity contribution < 1.29 is 14.3 Å². The van der Waals surface area contributed by atoms with Crippen LogP contribution in [0, 0.1) is 0 Å². The van der Waals surface area contributed by atoms with Gasteiger partial charge in [-0.15, -0.1) is 0 Å². The highest BCUT2D eigenvalue weighted by molar-refractivity contribution is 5.69. The van der Waals surface area contributed by atoms with E-state index in [1.807, 2.05) is 37.3 Å². The summed E-state index contributed by atoms with van der Waals surface area (Å²) in [6.45, 7) is 4.72. The van der Waals surface area contributed by atoms with Crippen molar-refractivity contribution in [1.82, 2.24) is 5.32 Å². The zero-order chi connectivity index (χ0) is 13.8. The quantitative estimate of drug-likeness (QED) is 0.521. The number of ether oxygens (including phenoxy) is 2. The van der Waals surface area contributed by atoms with Gasteiger partial charge in [-0.2, -0.15) is 0 Å². The maximum absolute atomic E-state index is 11.1. The minimum Gasteiger partial charge on any atom is -0.494 e. The third kappa shape index (κ3) is 8.21. The van der Waals surface area contributed by atoms with E-state index in [1.165, 1.54) is 0 Å². The molecule has 0 saturated carbocycles. The number of rotatable bonds is 10. The van der Waals surface area contributed by atoms with Crippen LogP contribution in [0.2, 0.25) is 0 Å².